The van der Waals surface area contributed by atoms with Gasteiger partial charge in [0.15, 0.2) is 11.5 Å². The minimum atomic E-state index is -0.181. The van der Waals surface area contributed by atoms with E-state index in [0.29, 0.717) is 23.9 Å². The lowest BCUT2D eigenvalue weighted by Gasteiger charge is -2.29. The van der Waals surface area contributed by atoms with E-state index in [-0.39, 0.29) is 12.9 Å². The number of rotatable bonds is 7. The molecular formula is C25H27ClN2O4. The van der Waals surface area contributed by atoms with E-state index in [0.717, 1.165) is 60.4 Å². The first-order valence-electron chi connectivity index (χ1n) is 10.9. The van der Waals surface area contributed by atoms with Gasteiger partial charge in [-0.2, -0.15) is 0 Å². The van der Waals surface area contributed by atoms with E-state index in [1.165, 1.54) is 5.56 Å². The molecule has 1 saturated heterocycles. The molecule has 0 radical (unpaired) electrons. The quantitative estimate of drug-likeness (QED) is 0.529. The van der Waals surface area contributed by atoms with Crippen LogP contribution in [0.3, 0.4) is 0 Å². The van der Waals surface area contributed by atoms with Crippen molar-refractivity contribution < 1.29 is 19.3 Å². The van der Waals surface area contributed by atoms with Crippen LogP contribution in [0.2, 0.25) is 5.02 Å². The molecule has 2 aliphatic rings. The average Bonchev–Trinajstić information content (AvgIpc) is 3.38. The summed E-state index contributed by atoms with van der Waals surface area (Å²) in [5.74, 6) is 2.24. The maximum absolute atomic E-state index is 9.86. The Labute approximate surface area is 192 Å². The first kappa shape index (κ1) is 21.2. The Bertz CT molecular complexity index is 1130. The van der Waals surface area contributed by atoms with Gasteiger partial charge < -0.3 is 23.9 Å². The van der Waals surface area contributed by atoms with Crippen LogP contribution in [-0.2, 0) is 13.1 Å². The third kappa shape index (κ3) is 4.31. The number of hydrogen-bond donors (Lipinski definition) is 1. The van der Waals surface area contributed by atoms with Crippen LogP contribution in [-0.4, -0.2) is 47.2 Å². The number of halogens is 1. The van der Waals surface area contributed by atoms with Gasteiger partial charge in [0.05, 0.1) is 6.10 Å². The largest absolute Gasteiger partial charge is 0.490 e. The van der Waals surface area contributed by atoms with Gasteiger partial charge in [0, 0.05) is 54.4 Å². The Morgan fingerprint density at radius 3 is 2.66 bits per heavy atom. The number of aliphatic hydroxyl groups excluding tert-OH is 1. The predicted octanol–water partition coefficient (Wildman–Crippen LogP) is 4.59. The highest BCUT2D eigenvalue weighted by Gasteiger charge is 2.21. The van der Waals surface area contributed by atoms with E-state index >= 15 is 0 Å². The third-order valence-corrected chi connectivity index (χ3v) is 6.49. The van der Waals surface area contributed by atoms with E-state index < -0.39 is 0 Å². The molecule has 6 nitrogen and oxygen atoms in total. The number of aliphatic hydroxyl groups is 1. The summed E-state index contributed by atoms with van der Waals surface area (Å²) in [7, 11) is 0. The molecule has 2 aromatic carbocycles. The maximum Gasteiger partial charge on any atom is 0.231 e. The zero-order chi connectivity index (χ0) is 22.1. The molecule has 2 aliphatic heterocycles. The summed E-state index contributed by atoms with van der Waals surface area (Å²) in [6.45, 7) is 7.68. The second kappa shape index (κ2) is 9.06. The van der Waals surface area contributed by atoms with Crippen LogP contribution in [0.15, 0.2) is 49.2 Å². The highest BCUT2D eigenvalue weighted by molar-refractivity contribution is 6.31. The van der Waals surface area contributed by atoms with E-state index in [9.17, 15) is 5.11 Å². The van der Waals surface area contributed by atoms with Crippen molar-refractivity contribution in [3.63, 3.8) is 0 Å². The monoisotopic (exact) mass is 454 g/mol. The van der Waals surface area contributed by atoms with Crippen LogP contribution in [0.25, 0.3) is 10.9 Å². The van der Waals surface area contributed by atoms with Crippen LogP contribution in [0.4, 0.5) is 0 Å². The van der Waals surface area contributed by atoms with E-state index in [4.69, 9.17) is 25.8 Å². The number of nitrogens with zero attached hydrogens (tertiary/aromatic N) is 2. The predicted molar refractivity (Wildman–Crippen MR) is 125 cm³/mol. The molecule has 0 unspecified atom stereocenters. The molecule has 0 bridgehead atoms. The minimum Gasteiger partial charge on any atom is -0.490 e. The molecule has 1 N–H and O–H groups in total. The van der Waals surface area contributed by atoms with E-state index in [1.807, 2.05) is 18.2 Å². The van der Waals surface area contributed by atoms with Gasteiger partial charge >= 0.3 is 0 Å². The van der Waals surface area contributed by atoms with Gasteiger partial charge in [-0.05, 0) is 48.2 Å². The van der Waals surface area contributed by atoms with Gasteiger partial charge in [0.25, 0.3) is 0 Å². The van der Waals surface area contributed by atoms with Gasteiger partial charge in [-0.25, -0.2) is 0 Å². The lowest BCUT2D eigenvalue weighted by atomic mass is 10.1. The molecule has 7 heteroatoms. The first-order valence-corrected chi connectivity index (χ1v) is 11.3. The summed E-state index contributed by atoms with van der Waals surface area (Å²) in [4.78, 5) is 2.40. The fourth-order valence-corrected chi connectivity index (χ4v) is 4.65. The van der Waals surface area contributed by atoms with Crippen molar-refractivity contribution in [2.75, 3.05) is 26.5 Å². The summed E-state index contributed by atoms with van der Waals surface area (Å²) in [5, 5.41) is 11.7. The summed E-state index contributed by atoms with van der Waals surface area (Å²) in [5.41, 5.74) is 3.33. The highest BCUT2D eigenvalue weighted by atomic mass is 35.5. The van der Waals surface area contributed by atoms with Crippen molar-refractivity contribution in [2.45, 2.75) is 32.0 Å². The van der Waals surface area contributed by atoms with Crippen LogP contribution in [0.1, 0.15) is 24.0 Å². The van der Waals surface area contributed by atoms with Crippen LogP contribution in [0.5, 0.6) is 17.2 Å². The van der Waals surface area contributed by atoms with Gasteiger partial charge in [-0.15, -0.1) is 0 Å². The minimum absolute atomic E-state index is 0.181. The molecule has 0 spiro atoms. The smallest absolute Gasteiger partial charge is 0.231 e. The Morgan fingerprint density at radius 2 is 1.88 bits per heavy atom. The molecule has 0 atom stereocenters. The first-order chi connectivity index (χ1) is 15.6. The number of benzene rings is 2. The van der Waals surface area contributed by atoms with Crippen molar-refractivity contribution >= 4 is 22.5 Å². The fourth-order valence-electron chi connectivity index (χ4n) is 4.43. The molecule has 168 valence electrons. The number of piperidine rings is 1. The highest BCUT2D eigenvalue weighted by Crippen LogP contribution is 2.38. The molecule has 0 aliphatic carbocycles. The second-order valence-electron chi connectivity index (χ2n) is 8.37. The number of likely N-dealkylation sites (tertiary alicyclic amines) is 1. The van der Waals surface area contributed by atoms with Gasteiger partial charge in [-0.3, -0.25) is 4.90 Å². The Morgan fingerprint density at radius 1 is 1.09 bits per heavy atom. The lowest BCUT2D eigenvalue weighted by Crippen LogP contribution is -2.35. The number of ether oxygens (including phenoxy) is 3. The van der Waals surface area contributed by atoms with Crippen molar-refractivity contribution in [3.8, 4) is 17.2 Å². The van der Waals surface area contributed by atoms with Crippen LogP contribution >= 0.6 is 11.6 Å². The zero-order valence-corrected chi connectivity index (χ0v) is 18.7. The maximum atomic E-state index is 9.86. The Balaban J connectivity index is 1.48. The van der Waals surface area contributed by atoms with Gasteiger partial charge in [0.2, 0.25) is 6.79 Å². The molecular weight excluding hydrogens is 428 g/mol. The van der Waals surface area contributed by atoms with Gasteiger partial charge in [0.1, 0.15) is 12.4 Å². The lowest BCUT2D eigenvalue weighted by molar-refractivity contribution is 0.0794. The number of aromatic nitrogens is 1. The van der Waals surface area contributed by atoms with Crippen LogP contribution in [0, 0.1) is 0 Å². The molecule has 0 saturated carbocycles. The summed E-state index contributed by atoms with van der Waals surface area (Å²) >= 11 is 6.56. The Hall–Kier alpha value is -2.67. The fraction of sp³-hybridized carbons (Fsp3) is 0.360. The van der Waals surface area contributed by atoms with Crippen LogP contribution < -0.4 is 14.2 Å². The molecule has 1 fully saturated rings. The number of fused-ring (bicyclic) bond motifs is 2. The zero-order valence-electron chi connectivity index (χ0n) is 17.9. The molecule has 5 rings (SSSR count). The summed E-state index contributed by atoms with van der Waals surface area (Å²) in [6, 6.07) is 9.98. The van der Waals surface area contributed by atoms with Gasteiger partial charge in [-0.1, -0.05) is 24.3 Å². The normalized spacial score (nSPS) is 16.6. The Kier molecular flexibility index (Phi) is 6.00. The number of hydrogen-bond acceptors (Lipinski definition) is 5. The van der Waals surface area contributed by atoms with Crippen molar-refractivity contribution in [3.05, 3.63) is 65.3 Å². The van der Waals surface area contributed by atoms with E-state index in [2.05, 4.69) is 34.4 Å². The van der Waals surface area contributed by atoms with Crippen molar-refractivity contribution in [1.82, 2.24) is 9.47 Å². The SMILES string of the molecule is C=CCOc1ccc2c(c1)c(CN1CCC(O)CC1)cn2Cc1cc2c(cc1Cl)OCO2. The average molecular weight is 455 g/mol. The van der Waals surface area contributed by atoms with E-state index in [1.54, 1.807) is 6.08 Å². The second-order valence-corrected chi connectivity index (χ2v) is 8.77. The molecule has 32 heavy (non-hydrogen) atoms. The molecule has 0 amide bonds. The van der Waals surface area contributed by atoms with Crippen molar-refractivity contribution in [1.29, 1.82) is 0 Å². The standard InChI is InChI=1S/C25H27ClN2O4/c1-2-9-30-20-3-4-23-21(11-20)18(13-27-7-5-19(29)6-8-27)15-28(23)14-17-10-24-25(12-22(17)26)32-16-31-24/h2-4,10-12,15,19,29H,1,5-9,13-14,16H2. The molecule has 3 heterocycles. The topological polar surface area (TPSA) is 56.1 Å². The third-order valence-electron chi connectivity index (χ3n) is 6.14. The van der Waals surface area contributed by atoms with Crippen molar-refractivity contribution in [2.24, 2.45) is 0 Å². The summed E-state index contributed by atoms with van der Waals surface area (Å²) in [6.07, 6.45) is 5.41. The molecule has 3 aromatic rings. The molecule has 1 aromatic heterocycles. The summed E-state index contributed by atoms with van der Waals surface area (Å²) < 4.78 is 19.0.